The third-order valence-electron chi connectivity index (χ3n) is 2.86. The molecule has 0 radical (unpaired) electrons. The molecule has 20 heavy (non-hydrogen) atoms. The standard InChI is InChI=1S/C15H12ClFN2O/c16-12-2-1-3-13(15(12)17)19-9-14(20)11-6-4-10(8-18)5-7-11/h1-7,14,19-20H,9H2. The summed E-state index contributed by atoms with van der Waals surface area (Å²) in [6.45, 7) is 0.142. The first kappa shape index (κ1) is 14.3. The molecule has 0 aliphatic carbocycles. The van der Waals surface area contributed by atoms with Crippen molar-refractivity contribution in [3.63, 3.8) is 0 Å². The van der Waals surface area contributed by atoms with Crippen LogP contribution in [-0.4, -0.2) is 11.7 Å². The topological polar surface area (TPSA) is 56.0 Å². The fourth-order valence-corrected chi connectivity index (χ4v) is 1.92. The van der Waals surface area contributed by atoms with E-state index >= 15 is 0 Å². The first-order chi connectivity index (χ1) is 9.61. The molecule has 2 rings (SSSR count). The van der Waals surface area contributed by atoms with Crippen molar-refractivity contribution in [1.82, 2.24) is 0 Å². The number of halogens is 2. The van der Waals surface area contributed by atoms with Gasteiger partial charge in [0.1, 0.15) is 0 Å². The largest absolute Gasteiger partial charge is 0.387 e. The normalized spacial score (nSPS) is 11.7. The van der Waals surface area contributed by atoms with Crippen LogP contribution in [0.3, 0.4) is 0 Å². The number of nitrogens with one attached hydrogen (secondary N) is 1. The molecule has 1 unspecified atom stereocenters. The molecule has 0 spiro atoms. The van der Waals surface area contributed by atoms with Crippen molar-refractivity contribution in [1.29, 1.82) is 5.26 Å². The maximum absolute atomic E-state index is 13.6. The van der Waals surface area contributed by atoms with Crippen LogP contribution in [0.2, 0.25) is 5.02 Å². The summed E-state index contributed by atoms with van der Waals surface area (Å²) in [5.41, 5.74) is 1.42. The minimum atomic E-state index is -0.805. The minimum absolute atomic E-state index is 0.0304. The number of nitrogens with zero attached hydrogens (tertiary/aromatic N) is 1. The van der Waals surface area contributed by atoms with Gasteiger partial charge in [-0.25, -0.2) is 4.39 Å². The van der Waals surface area contributed by atoms with Gasteiger partial charge in [-0.05, 0) is 29.8 Å². The Balaban J connectivity index is 2.03. The Kier molecular flexibility index (Phi) is 4.57. The number of rotatable bonds is 4. The highest BCUT2D eigenvalue weighted by Crippen LogP contribution is 2.23. The van der Waals surface area contributed by atoms with E-state index in [4.69, 9.17) is 16.9 Å². The zero-order chi connectivity index (χ0) is 14.5. The van der Waals surface area contributed by atoms with E-state index in [-0.39, 0.29) is 17.3 Å². The second-order valence-electron chi connectivity index (χ2n) is 4.23. The number of hydrogen-bond acceptors (Lipinski definition) is 3. The maximum atomic E-state index is 13.6. The average Bonchev–Trinajstić information content (AvgIpc) is 2.48. The molecule has 2 N–H and O–H groups in total. The van der Waals surface area contributed by atoms with Gasteiger partial charge in [0.05, 0.1) is 28.4 Å². The zero-order valence-corrected chi connectivity index (χ0v) is 11.2. The van der Waals surface area contributed by atoms with Gasteiger partial charge in [0.2, 0.25) is 0 Å². The Morgan fingerprint density at radius 3 is 2.60 bits per heavy atom. The lowest BCUT2D eigenvalue weighted by Gasteiger charge is -2.14. The lowest BCUT2D eigenvalue weighted by atomic mass is 10.1. The van der Waals surface area contributed by atoms with Crippen LogP contribution in [-0.2, 0) is 0 Å². The van der Waals surface area contributed by atoms with Crippen LogP contribution in [0.4, 0.5) is 10.1 Å². The van der Waals surface area contributed by atoms with Crippen molar-refractivity contribution in [2.24, 2.45) is 0 Å². The lowest BCUT2D eigenvalue weighted by Crippen LogP contribution is -2.13. The summed E-state index contributed by atoms with van der Waals surface area (Å²) in [5, 5.41) is 21.5. The smallest absolute Gasteiger partial charge is 0.164 e. The molecule has 0 aromatic heterocycles. The van der Waals surface area contributed by atoms with Crippen LogP contribution in [0.15, 0.2) is 42.5 Å². The molecule has 2 aromatic rings. The van der Waals surface area contributed by atoms with E-state index in [1.165, 1.54) is 6.07 Å². The third kappa shape index (κ3) is 3.27. The van der Waals surface area contributed by atoms with E-state index in [0.29, 0.717) is 11.1 Å². The Morgan fingerprint density at radius 2 is 1.95 bits per heavy atom. The van der Waals surface area contributed by atoms with Crippen molar-refractivity contribution in [3.8, 4) is 6.07 Å². The van der Waals surface area contributed by atoms with Crippen LogP contribution >= 0.6 is 11.6 Å². The number of benzene rings is 2. The fraction of sp³-hybridized carbons (Fsp3) is 0.133. The molecule has 0 aliphatic rings. The molecule has 1 atom stereocenters. The summed E-state index contributed by atoms with van der Waals surface area (Å²) in [5.74, 6) is -0.541. The van der Waals surface area contributed by atoms with Gasteiger partial charge in [0.15, 0.2) is 5.82 Å². The maximum Gasteiger partial charge on any atom is 0.164 e. The van der Waals surface area contributed by atoms with Crippen molar-refractivity contribution >= 4 is 17.3 Å². The Morgan fingerprint density at radius 1 is 1.25 bits per heavy atom. The predicted octanol–water partition coefficient (Wildman–Crippen LogP) is 3.50. The Bertz CT molecular complexity index is 637. The number of anilines is 1. The molecular weight excluding hydrogens is 279 g/mol. The van der Waals surface area contributed by atoms with Crippen molar-refractivity contribution in [3.05, 3.63) is 64.4 Å². The van der Waals surface area contributed by atoms with Crippen LogP contribution in [0.1, 0.15) is 17.2 Å². The number of nitriles is 1. The molecular formula is C15H12ClFN2O. The molecule has 0 fully saturated rings. The van der Waals surface area contributed by atoms with Gasteiger partial charge >= 0.3 is 0 Å². The summed E-state index contributed by atoms with van der Waals surface area (Å²) in [6, 6.07) is 13.2. The van der Waals surface area contributed by atoms with Crippen LogP contribution in [0.25, 0.3) is 0 Å². The number of aliphatic hydroxyl groups is 1. The minimum Gasteiger partial charge on any atom is -0.387 e. The van der Waals surface area contributed by atoms with Gasteiger partial charge in [-0.2, -0.15) is 5.26 Å². The quantitative estimate of drug-likeness (QED) is 0.906. The van der Waals surface area contributed by atoms with Gasteiger partial charge < -0.3 is 10.4 Å². The van der Waals surface area contributed by atoms with Gasteiger partial charge in [0, 0.05) is 6.54 Å². The summed E-state index contributed by atoms with van der Waals surface area (Å²) < 4.78 is 13.6. The van der Waals surface area contributed by atoms with E-state index in [2.05, 4.69) is 5.32 Å². The zero-order valence-electron chi connectivity index (χ0n) is 10.5. The first-order valence-corrected chi connectivity index (χ1v) is 6.35. The van der Waals surface area contributed by atoms with Crippen LogP contribution in [0, 0.1) is 17.1 Å². The highest BCUT2D eigenvalue weighted by Gasteiger charge is 2.10. The van der Waals surface area contributed by atoms with Gasteiger partial charge in [0.25, 0.3) is 0 Å². The lowest BCUT2D eigenvalue weighted by molar-refractivity contribution is 0.191. The summed E-state index contributed by atoms with van der Waals surface area (Å²) in [7, 11) is 0. The average molecular weight is 291 g/mol. The van der Waals surface area contributed by atoms with Crippen molar-refractivity contribution in [2.75, 3.05) is 11.9 Å². The molecule has 0 heterocycles. The predicted molar refractivity (Wildman–Crippen MR) is 76.0 cm³/mol. The van der Waals surface area contributed by atoms with Crippen LogP contribution in [0.5, 0.6) is 0 Å². The van der Waals surface area contributed by atoms with E-state index in [1.807, 2.05) is 6.07 Å². The molecule has 0 aliphatic heterocycles. The van der Waals surface area contributed by atoms with Gasteiger partial charge in [-0.3, -0.25) is 0 Å². The van der Waals surface area contributed by atoms with Gasteiger partial charge in [-0.15, -0.1) is 0 Å². The Labute approximate surface area is 121 Å². The summed E-state index contributed by atoms with van der Waals surface area (Å²) >= 11 is 5.67. The third-order valence-corrected chi connectivity index (χ3v) is 3.15. The molecule has 5 heteroatoms. The number of hydrogen-bond donors (Lipinski definition) is 2. The Hall–Kier alpha value is -2.09. The monoisotopic (exact) mass is 290 g/mol. The highest BCUT2D eigenvalue weighted by molar-refractivity contribution is 6.31. The second-order valence-corrected chi connectivity index (χ2v) is 4.64. The van der Waals surface area contributed by atoms with E-state index < -0.39 is 11.9 Å². The molecule has 2 aromatic carbocycles. The summed E-state index contributed by atoms with van der Waals surface area (Å²) in [6.07, 6.45) is -0.805. The fourth-order valence-electron chi connectivity index (χ4n) is 1.74. The molecule has 102 valence electrons. The van der Waals surface area contributed by atoms with Crippen LogP contribution < -0.4 is 5.32 Å². The molecule has 0 saturated heterocycles. The molecule has 0 bridgehead atoms. The SMILES string of the molecule is N#Cc1ccc(C(O)CNc2cccc(Cl)c2F)cc1. The van der Waals surface area contributed by atoms with E-state index in [1.54, 1.807) is 36.4 Å². The van der Waals surface area contributed by atoms with E-state index in [9.17, 15) is 9.50 Å². The summed E-state index contributed by atoms with van der Waals surface area (Å²) in [4.78, 5) is 0. The van der Waals surface area contributed by atoms with E-state index in [0.717, 1.165) is 0 Å². The number of aliphatic hydroxyl groups excluding tert-OH is 1. The second kappa shape index (κ2) is 6.38. The molecule has 0 amide bonds. The first-order valence-electron chi connectivity index (χ1n) is 5.98. The van der Waals surface area contributed by atoms with Crippen molar-refractivity contribution < 1.29 is 9.50 Å². The van der Waals surface area contributed by atoms with Gasteiger partial charge in [-0.1, -0.05) is 29.8 Å². The molecule has 3 nitrogen and oxygen atoms in total. The molecule has 0 saturated carbocycles. The van der Waals surface area contributed by atoms with Crippen molar-refractivity contribution in [2.45, 2.75) is 6.10 Å². The highest BCUT2D eigenvalue weighted by atomic mass is 35.5.